The Bertz CT molecular complexity index is 764. The van der Waals surface area contributed by atoms with E-state index in [1.807, 2.05) is 6.07 Å². The molecule has 2 N–H and O–H groups in total. The second-order valence-electron chi connectivity index (χ2n) is 4.13. The first-order valence-electron chi connectivity index (χ1n) is 5.79. The molecule has 0 fully saturated rings. The minimum atomic E-state index is -3.69. The van der Waals surface area contributed by atoms with Gasteiger partial charge in [-0.25, -0.2) is 13.1 Å². The summed E-state index contributed by atoms with van der Waals surface area (Å²) in [4.78, 5) is -0.00561. The molecule has 0 amide bonds. The molecule has 2 aromatic rings. The maximum absolute atomic E-state index is 12.0. The second kappa shape index (κ2) is 5.74. The Labute approximate surface area is 117 Å². The van der Waals surface area contributed by atoms with Crippen LogP contribution in [0.5, 0.6) is 5.75 Å². The molecule has 0 saturated heterocycles. The number of nitrogens with one attached hydrogen (secondary N) is 1. The molecule has 20 heavy (non-hydrogen) atoms. The van der Waals surface area contributed by atoms with Crippen LogP contribution in [0.15, 0.2) is 53.4 Å². The van der Waals surface area contributed by atoms with Crippen molar-refractivity contribution in [3.05, 3.63) is 59.7 Å². The molecule has 0 radical (unpaired) electrons. The molecular weight excluding hydrogens is 276 g/mol. The summed E-state index contributed by atoms with van der Waals surface area (Å²) in [5.74, 6) is -0.112. The maximum Gasteiger partial charge on any atom is 0.241 e. The number of phenolic OH excluding ortho intramolecular Hbond substituents is 1. The highest BCUT2D eigenvalue weighted by Crippen LogP contribution is 2.16. The molecule has 0 bridgehead atoms. The normalized spacial score (nSPS) is 10.9. The van der Waals surface area contributed by atoms with E-state index in [0.29, 0.717) is 11.1 Å². The summed E-state index contributed by atoms with van der Waals surface area (Å²) in [6.07, 6.45) is 0. The first-order valence-corrected chi connectivity index (χ1v) is 7.27. The van der Waals surface area contributed by atoms with Crippen molar-refractivity contribution in [2.45, 2.75) is 11.4 Å². The van der Waals surface area contributed by atoms with Gasteiger partial charge in [-0.3, -0.25) is 0 Å². The third-order valence-corrected chi connectivity index (χ3v) is 4.05. The van der Waals surface area contributed by atoms with Crippen LogP contribution in [0.4, 0.5) is 0 Å². The first kappa shape index (κ1) is 14.1. The largest absolute Gasteiger partial charge is 0.508 e. The number of hydrogen-bond donors (Lipinski definition) is 2. The van der Waals surface area contributed by atoms with Crippen molar-refractivity contribution < 1.29 is 13.5 Å². The van der Waals surface area contributed by atoms with Crippen LogP contribution in [0.2, 0.25) is 0 Å². The number of aromatic hydroxyl groups is 1. The molecule has 5 nitrogen and oxygen atoms in total. The van der Waals surface area contributed by atoms with Gasteiger partial charge < -0.3 is 5.11 Å². The van der Waals surface area contributed by atoms with Crippen molar-refractivity contribution in [1.82, 2.24) is 4.72 Å². The Morgan fingerprint density at radius 3 is 2.60 bits per heavy atom. The summed E-state index contributed by atoms with van der Waals surface area (Å²) in [5.41, 5.74) is 1.16. The number of phenols is 1. The van der Waals surface area contributed by atoms with E-state index in [0.717, 1.165) is 0 Å². The number of benzene rings is 2. The molecule has 0 spiro atoms. The summed E-state index contributed by atoms with van der Waals surface area (Å²) in [6, 6.07) is 14.1. The highest BCUT2D eigenvalue weighted by molar-refractivity contribution is 7.89. The lowest BCUT2D eigenvalue weighted by Crippen LogP contribution is -2.23. The maximum atomic E-state index is 12.0. The Morgan fingerprint density at radius 1 is 1.15 bits per heavy atom. The predicted octanol–water partition coefficient (Wildman–Crippen LogP) is 1.74. The highest BCUT2D eigenvalue weighted by atomic mass is 32.2. The zero-order valence-electron chi connectivity index (χ0n) is 10.4. The highest BCUT2D eigenvalue weighted by Gasteiger charge is 2.14. The molecule has 0 aliphatic carbocycles. The number of sulfonamides is 1. The average Bonchev–Trinajstić information content (AvgIpc) is 2.45. The summed E-state index contributed by atoms with van der Waals surface area (Å²) in [6.45, 7) is 0.0769. The average molecular weight is 288 g/mol. The molecule has 0 atom stereocenters. The number of rotatable bonds is 4. The fourth-order valence-corrected chi connectivity index (χ4v) is 2.72. The van der Waals surface area contributed by atoms with Crippen molar-refractivity contribution >= 4 is 10.0 Å². The monoisotopic (exact) mass is 288 g/mol. The van der Waals surface area contributed by atoms with Crippen LogP contribution in [0.25, 0.3) is 0 Å². The van der Waals surface area contributed by atoms with Crippen LogP contribution in [-0.4, -0.2) is 13.5 Å². The molecule has 2 aromatic carbocycles. The molecule has 102 valence electrons. The molecule has 0 aromatic heterocycles. The van der Waals surface area contributed by atoms with Gasteiger partial charge in [-0.05, 0) is 35.9 Å². The van der Waals surface area contributed by atoms with Gasteiger partial charge in [0.15, 0.2) is 0 Å². The predicted molar refractivity (Wildman–Crippen MR) is 73.3 cm³/mol. The van der Waals surface area contributed by atoms with Crippen molar-refractivity contribution in [2.24, 2.45) is 0 Å². The zero-order valence-corrected chi connectivity index (χ0v) is 11.3. The summed E-state index contributed by atoms with van der Waals surface area (Å²) < 4.78 is 26.5. The van der Waals surface area contributed by atoms with Gasteiger partial charge in [0, 0.05) is 6.54 Å². The molecular formula is C14H12N2O3S. The Balaban J connectivity index is 2.15. The lowest BCUT2D eigenvalue weighted by molar-refractivity contribution is 0.473. The molecule has 2 rings (SSSR count). The van der Waals surface area contributed by atoms with Crippen molar-refractivity contribution in [3.8, 4) is 11.8 Å². The van der Waals surface area contributed by atoms with E-state index in [1.54, 1.807) is 24.3 Å². The van der Waals surface area contributed by atoms with Gasteiger partial charge >= 0.3 is 0 Å². The number of hydrogen-bond acceptors (Lipinski definition) is 4. The molecule has 0 unspecified atom stereocenters. The van der Waals surface area contributed by atoms with Gasteiger partial charge in [-0.2, -0.15) is 5.26 Å². The van der Waals surface area contributed by atoms with Crippen molar-refractivity contribution in [1.29, 1.82) is 5.26 Å². The van der Waals surface area contributed by atoms with Crippen LogP contribution in [0, 0.1) is 11.3 Å². The van der Waals surface area contributed by atoms with Crippen LogP contribution in [0.1, 0.15) is 11.1 Å². The lowest BCUT2D eigenvalue weighted by Gasteiger charge is -2.07. The molecule has 6 heteroatoms. The summed E-state index contributed by atoms with van der Waals surface area (Å²) in [5, 5.41) is 18.1. The van der Waals surface area contributed by atoms with Gasteiger partial charge in [0.1, 0.15) is 5.75 Å². The minimum absolute atomic E-state index is 0.00561. The Hall–Kier alpha value is -2.36. The topological polar surface area (TPSA) is 90.2 Å². The summed E-state index contributed by atoms with van der Waals surface area (Å²) >= 11 is 0. The SMILES string of the molecule is N#Cc1cccc(CNS(=O)(=O)c2cccc(O)c2)c1. The van der Waals surface area contributed by atoms with Crippen molar-refractivity contribution in [3.63, 3.8) is 0 Å². The van der Waals surface area contributed by atoms with E-state index in [-0.39, 0.29) is 17.2 Å². The Morgan fingerprint density at radius 2 is 1.90 bits per heavy atom. The van der Waals surface area contributed by atoms with Crippen LogP contribution < -0.4 is 4.72 Å². The van der Waals surface area contributed by atoms with E-state index in [4.69, 9.17) is 5.26 Å². The lowest BCUT2D eigenvalue weighted by atomic mass is 10.1. The molecule has 0 saturated carbocycles. The van der Waals surface area contributed by atoms with E-state index in [2.05, 4.69) is 4.72 Å². The molecule has 0 aliphatic heterocycles. The molecule has 0 heterocycles. The van der Waals surface area contributed by atoms with Gasteiger partial charge in [0.05, 0.1) is 16.5 Å². The quantitative estimate of drug-likeness (QED) is 0.896. The number of nitrogens with zero attached hydrogens (tertiary/aromatic N) is 1. The van der Waals surface area contributed by atoms with E-state index >= 15 is 0 Å². The van der Waals surface area contributed by atoms with Crippen molar-refractivity contribution in [2.75, 3.05) is 0 Å². The fraction of sp³-hybridized carbons (Fsp3) is 0.0714. The fourth-order valence-electron chi connectivity index (χ4n) is 1.66. The molecule has 0 aliphatic rings. The van der Waals surface area contributed by atoms with Crippen LogP contribution >= 0.6 is 0 Å². The first-order chi connectivity index (χ1) is 9.51. The summed E-state index contributed by atoms with van der Waals surface area (Å²) in [7, 11) is -3.69. The van der Waals surface area contributed by atoms with E-state index in [9.17, 15) is 13.5 Å². The standard InChI is InChI=1S/C14H12N2O3S/c15-9-11-3-1-4-12(7-11)10-16-20(18,19)14-6-2-5-13(17)8-14/h1-8,16-17H,10H2. The van der Waals surface area contributed by atoms with Gasteiger partial charge in [0.25, 0.3) is 0 Å². The van der Waals surface area contributed by atoms with Gasteiger partial charge in [-0.15, -0.1) is 0 Å². The van der Waals surface area contributed by atoms with E-state index < -0.39 is 10.0 Å². The minimum Gasteiger partial charge on any atom is -0.508 e. The third-order valence-electron chi connectivity index (χ3n) is 2.65. The van der Waals surface area contributed by atoms with Gasteiger partial charge in [-0.1, -0.05) is 18.2 Å². The van der Waals surface area contributed by atoms with Crippen LogP contribution in [0.3, 0.4) is 0 Å². The zero-order chi connectivity index (χ0) is 14.6. The Kier molecular flexibility index (Phi) is 4.03. The second-order valence-corrected chi connectivity index (χ2v) is 5.90. The van der Waals surface area contributed by atoms with Crippen LogP contribution in [-0.2, 0) is 16.6 Å². The number of nitriles is 1. The van der Waals surface area contributed by atoms with E-state index in [1.165, 1.54) is 24.3 Å². The smallest absolute Gasteiger partial charge is 0.241 e. The third kappa shape index (κ3) is 3.35. The van der Waals surface area contributed by atoms with Gasteiger partial charge in [0.2, 0.25) is 10.0 Å².